The molecule has 0 aliphatic rings. The summed E-state index contributed by atoms with van der Waals surface area (Å²) >= 11 is -0.0543. The molecule has 108 valence electrons. The minimum atomic E-state index is -0.500. The molecule has 0 amide bonds. The Morgan fingerprint density at radius 1 is 1.00 bits per heavy atom. The van der Waals surface area contributed by atoms with Crippen molar-refractivity contribution in [3.8, 4) is 21.3 Å². The summed E-state index contributed by atoms with van der Waals surface area (Å²) in [7, 11) is 0. The summed E-state index contributed by atoms with van der Waals surface area (Å²) < 4.78 is 1.68. The third kappa shape index (κ3) is 3.67. The monoisotopic (exact) mass is 357 g/mol. The summed E-state index contributed by atoms with van der Waals surface area (Å²) in [6.07, 6.45) is 0. The third-order valence-electron chi connectivity index (χ3n) is 2.78. The number of rotatable bonds is 2. The quantitative estimate of drug-likeness (QED) is 0.401. The fraction of sp³-hybridized carbons (Fsp3) is 0. The van der Waals surface area contributed by atoms with Gasteiger partial charge in [0.15, 0.2) is 0 Å². The van der Waals surface area contributed by atoms with Crippen LogP contribution in [0.25, 0.3) is 26.2 Å². The first-order valence-corrected chi connectivity index (χ1v) is 8.03. The van der Waals surface area contributed by atoms with Crippen LogP contribution in [0.5, 0.6) is 0 Å². The predicted molar refractivity (Wildman–Crippen MR) is 82.9 cm³/mol. The molecule has 0 atom stereocenters. The van der Waals surface area contributed by atoms with Gasteiger partial charge in [-0.3, -0.25) is 0 Å². The number of diazo groups is 1. The van der Waals surface area contributed by atoms with E-state index in [1.807, 2.05) is 48.5 Å². The Bertz CT molecular complexity index is 723. The maximum Gasteiger partial charge on any atom is 0.0275 e. The Kier molecular flexibility index (Phi) is 5.61. The fourth-order valence-corrected chi connectivity index (χ4v) is 3.76. The second-order valence-electron chi connectivity index (χ2n) is 4.10. The van der Waals surface area contributed by atoms with Crippen LogP contribution in [-0.4, -0.2) is 26.0 Å². The number of aromatic nitrogens is 1. The molecule has 6 heteroatoms. The summed E-state index contributed by atoms with van der Waals surface area (Å²) in [5.74, 6) is 0. The van der Waals surface area contributed by atoms with Crippen molar-refractivity contribution in [2.24, 2.45) is 0 Å². The van der Waals surface area contributed by atoms with E-state index in [2.05, 4.69) is 22.1 Å². The summed E-state index contributed by atoms with van der Waals surface area (Å²) in [6, 6.07) is 20.1. The number of carbonyl (C=O) groups is 1. The minimum absolute atomic E-state index is 0.0543. The van der Waals surface area contributed by atoms with Crippen molar-refractivity contribution in [2.45, 2.75) is 0 Å². The van der Waals surface area contributed by atoms with Gasteiger partial charge in [0.05, 0.1) is 0 Å². The van der Waals surface area contributed by atoms with Gasteiger partial charge in [0.25, 0.3) is 0 Å². The molecule has 5 nitrogen and oxygen atoms in total. The van der Waals surface area contributed by atoms with Crippen molar-refractivity contribution >= 4 is 25.7 Å². The molecule has 3 rings (SSSR count). The van der Waals surface area contributed by atoms with E-state index >= 15 is 0 Å². The zero-order valence-electron chi connectivity index (χ0n) is 11.4. The summed E-state index contributed by atoms with van der Waals surface area (Å²) in [6.45, 7) is -0.500. The van der Waals surface area contributed by atoms with Gasteiger partial charge in [0.1, 0.15) is 0 Å². The van der Waals surface area contributed by atoms with Crippen molar-refractivity contribution in [1.82, 2.24) is 4.98 Å². The number of hydrogen-bond acceptors (Lipinski definition) is 4. The Balaban J connectivity index is 0.000000545. The molecule has 2 aromatic carbocycles. The number of benzene rings is 2. The van der Waals surface area contributed by atoms with Crippen LogP contribution in [0.1, 0.15) is 0 Å². The zero-order chi connectivity index (χ0) is 15.8. The van der Waals surface area contributed by atoms with E-state index in [1.54, 1.807) is 0 Å². The van der Waals surface area contributed by atoms with Crippen LogP contribution < -0.4 is 5.11 Å². The molecular formula is C16H11N3O2Se. The molecule has 0 aliphatic carbocycles. The smallest absolute Gasteiger partial charge is 0.0275 e. The molecule has 3 aromatic rings. The van der Waals surface area contributed by atoms with E-state index in [0.717, 1.165) is 21.3 Å². The zero-order valence-corrected chi connectivity index (χ0v) is 13.1. The molecule has 1 aromatic heterocycles. The molecule has 0 radical (unpaired) electrons. The van der Waals surface area contributed by atoms with Gasteiger partial charge in [-0.2, -0.15) is 0 Å². The largest absolute Gasteiger partial charge is 0.554 e. The maximum atomic E-state index is 8.98. The van der Waals surface area contributed by atoms with Crippen LogP contribution in [0.3, 0.4) is 0 Å². The minimum Gasteiger partial charge on any atom is -0.554 e. The van der Waals surface area contributed by atoms with Crippen LogP contribution >= 0.6 is 0 Å². The van der Waals surface area contributed by atoms with Crippen molar-refractivity contribution in [1.29, 1.82) is 5.39 Å². The second-order valence-corrected chi connectivity index (χ2v) is 6.15. The number of nitrogens with zero attached hydrogens (tertiary/aromatic N) is 3. The normalized spacial score (nSPS) is 9.23. The first kappa shape index (κ1) is 15.6. The molecule has 1 heterocycles. The van der Waals surface area contributed by atoms with Crippen molar-refractivity contribution < 1.29 is 9.90 Å². The number of carbonyl (C=O) groups excluding carboxylic acids is 1. The maximum absolute atomic E-state index is 8.98. The first-order chi connectivity index (χ1) is 10.8. The Morgan fingerprint density at radius 2 is 1.50 bits per heavy atom. The van der Waals surface area contributed by atoms with Crippen LogP contribution in [0.4, 0.5) is 4.69 Å². The van der Waals surface area contributed by atoms with Gasteiger partial charge in [-0.25, -0.2) is 0 Å². The average molecular weight is 356 g/mol. The van der Waals surface area contributed by atoms with Gasteiger partial charge < -0.3 is 9.90 Å². The van der Waals surface area contributed by atoms with Gasteiger partial charge in [0.2, 0.25) is 0 Å². The van der Waals surface area contributed by atoms with Gasteiger partial charge in [0, 0.05) is 6.47 Å². The molecule has 0 N–H and O–H groups in total. The second kappa shape index (κ2) is 7.89. The van der Waals surface area contributed by atoms with Gasteiger partial charge in [-0.05, 0) is 0 Å². The molecular weight excluding hydrogens is 345 g/mol. The molecule has 0 bridgehead atoms. The number of hydrogen-bond donors (Lipinski definition) is 0. The predicted octanol–water partition coefficient (Wildman–Crippen LogP) is 2.32. The molecule has 22 heavy (non-hydrogen) atoms. The van der Waals surface area contributed by atoms with Crippen LogP contribution in [0.2, 0.25) is 0 Å². The number of carboxylic acid groups (broad SMARTS) is 1. The van der Waals surface area contributed by atoms with E-state index in [4.69, 9.17) is 15.3 Å². The standard InChI is InChI=1S/C15H10N3Se.CH2O2/c16-18-15-17-13(11-7-3-1-4-8-11)14(19-15)12-9-5-2-6-10-12;2-1-3/h1-10H;1H,(H,2,3)/q+1;/p-1. The van der Waals surface area contributed by atoms with E-state index in [0.29, 0.717) is 4.69 Å². The van der Waals surface area contributed by atoms with Crippen molar-refractivity contribution in [3.05, 3.63) is 65.6 Å². The molecule has 0 saturated heterocycles. The Morgan fingerprint density at radius 3 is 2.00 bits per heavy atom. The van der Waals surface area contributed by atoms with E-state index < -0.39 is 6.47 Å². The molecule has 0 saturated carbocycles. The van der Waals surface area contributed by atoms with Crippen LogP contribution in [-0.2, 0) is 4.79 Å². The van der Waals surface area contributed by atoms with Gasteiger partial charge in [-0.1, -0.05) is 0 Å². The Hall–Kier alpha value is -2.74. The average Bonchev–Trinajstić information content (AvgIpc) is 3.02. The summed E-state index contributed by atoms with van der Waals surface area (Å²) in [4.78, 5) is 16.0. The molecule has 0 aliphatic heterocycles. The van der Waals surface area contributed by atoms with Crippen LogP contribution in [0, 0.1) is 5.39 Å². The molecule has 0 unspecified atom stereocenters. The van der Waals surface area contributed by atoms with Crippen molar-refractivity contribution in [2.75, 3.05) is 0 Å². The summed E-state index contributed by atoms with van der Waals surface area (Å²) in [5.41, 5.74) is 3.12. The van der Waals surface area contributed by atoms with Crippen molar-refractivity contribution in [3.63, 3.8) is 0 Å². The molecule has 0 fully saturated rings. The first-order valence-electron chi connectivity index (χ1n) is 6.32. The van der Waals surface area contributed by atoms with Crippen LogP contribution in [0.15, 0.2) is 60.7 Å². The van der Waals surface area contributed by atoms with E-state index in [1.165, 1.54) is 0 Å². The third-order valence-corrected chi connectivity index (χ3v) is 4.86. The topological polar surface area (TPSA) is 81.2 Å². The Labute approximate surface area is 133 Å². The fourth-order valence-electron chi connectivity index (χ4n) is 1.93. The SMILES string of the molecule is N#[N+]c1nc(-c2ccccc2)c(-c2ccccc2)[se]1.O=C[O-]. The van der Waals surface area contributed by atoms with Gasteiger partial charge in [-0.15, -0.1) is 0 Å². The van der Waals surface area contributed by atoms with E-state index in [-0.39, 0.29) is 14.5 Å². The van der Waals surface area contributed by atoms with E-state index in [9.17, 15) is 0 Å². The van der Waals surface area contributed by atoms with Gasteiger partial charge >= 0.3 is 116 Å². The molecule has 0 spiro atoms. The summed E-state index contributed by atoms with van der Waals surface area (Å²) in [5, 5.41) is 17.2.